The van der Waals surface area contributed by atoms with Gasteiger partial charge in [0.2, 0.25) is 0 Å². The second-order valence-corrected chi connectivity index (χ2v) is 6.07. The first-order chi connectivity index (χ1) is 6.75. The molecule has 90 valence electrons. The fraction of sp³-hybridized carbons (Fsp3) is 0.909. The third kappa shape index (κ3) is 4.03. The Bertz CT molecular complexity index is 215. The molecule has 4 heteroatoms. The maximum absolute atomic E-state index is 11.1. The minimum absolute atomic E-state index is 0.396. The molecule has 0 aliphatic heterocycles. The summed E-state index contributed by atoms with van der Waals surface area (Å²) in [7, 11) is 0. The van der Waals surface area contributed by atoms with Crippen molar-refractivity contribution >= 4 is 17.7 Å². The first-order valence-corrected chi connectivity index (χ1v) is 6.47. The molecule has 0 aromatic rings. The van der Waals surface area contributed by atoms with E-state index in [4.69, 9.17) is 5.11 Å². The van der Waals surface area contributed by atoms with Gasteiger partial charge in [0.25, 0.3) is 0 Å². The zero-order chi connectivity index (χ0) is 12.1. The number of aliphatic carboxylic acids is 1. The molecule has 0 aliphatic carbocycles. The molecule has 0 aliphatic rings. The van der Waals surface area contributed by atoms with Gasteiger partial charge in [-0.2, -0.15) is 11.8 Å². The van der Waals surface area contributed by atoms with Gasteiger partial charge >= 0.3 is 5.97 Å². The van der Waals surface area contributed by atoms with Crippen LogP contribution in [0, 0.1) is 5.41 Å². The van der Waals surface area contributed by atoms with Crippen molar-refractivity contribution in [3.05, 3.63) is 0 Å². The number of hydrogen-bond donors (Lipinski definition) is 2. The molecular formula is C11H23NO2S. The van der Waals surface area contributed by atoms with Crippen LogP contribution in [0.3, 0.4) is 0 Å². The predicted molar refractivity (Wildman–Crippen MR) is 66.5 cm³/mol. The van der Waals surface area contributed by atoms with Gasteiger partial charge in [0.1, 0.15) is 0 Å². The first kappa shape index (κ1) is 14.8. The minimum Gasteiger partial charge on any atom is -0.481 e. The Kier molecular flexibility index (Phi) is 5.67. The lowest BCUT2D eigenvalue weighted by Crippen LogP contribution is -2.55. The third-order valence-electron chi connectivity index (χ3n) is 3.11. The van der Waals surface area contributed by atoms with Crippen molar-refractivity contribution in [1.29, 1.82) is 0 Å². The number of rotatable bonds is 7. The standard InChI is InChI=1S/C11H23NO2S/c1-6-15-8-7-12-11(4,5)10(2,3)9(13)14/h12H,6-8H2,1-5H3,(H,13,14). The zero-order valence-electron chi connectivity index (χ0n) is 10.4. The van der Waals surface area contributed by atoms with Crippen LogP contribution in [0.25, 0.3) is 0 Å². The van der Waals surface area contributed by atoms with E-state index in [0.717, 1.165) is 18.1 Å². The highest BCUT2D eigenvalue weighted by Gasteiger charge is 2.42. The van der Waals surface area contributed by atoms with E-state index in [0.29, 0.717) is 0 Å². The number of carbonyl (C=O) groups is 1. The Hall–Kier alpha value is -0.220. The number of carboxylic acids is 1. The molecule has 3 nitrogen and oxygen atoms in total. The maximum atomic E-state index is 11.1. The maximum Gasteiger partial charge on any atom is 0.310 e. The van der Waals surface area contributed by atoms with E-state index < -0.39 is 16.9 Å². The molecule has 0 unspecified atom stereocenters. The van der Waals surface area contributed by atoms with Crippen LogP contribution in [0.4, 0.5) is 0 Å². The van der Waals surface area contributed by atoms with Crippen molar-refractivity contribution in [2.24, 2.45) is 5.41 Å². The van der Waals surface area contributed by atoms with Gasteiger partial charge in [0, 0.05) is 17.8 Å². The van der Waals surface area contributed by atoms with Crippen LogP contribution in [0.5, 0.6) is 0 Å². The summed E-state index contributed by atoms with van der Waals surface area (Å²) >= 11 is 1.86. The molecule has 0 spiro atoms. The van der Waals surface area contributed by atoms with E-state index in [-0.39, 0.29) is 0 Å². The highest BCUT2D eigenvalue weighted by atomic mass is 32.2. The second-order valence-electron chi connectivity index (χ2n) is 4.68. The average molecular weight is 233 g/mol. The molecule has 0 atom stereocenters. The molecule has 0 bridgehead atoms. The monoisotopic (exact) mass is 233 g/mol. The SMILES string of the molecule is CCSCCNC(C)(C)C(C)(C)C(=O)O. The highest BCUT2D eigenvalue weighted by molar-refractivity contribution is 7.99. The lowest BCUT2D eigenvalue weighted by molar-refractivity contribution is -0.151. The van der Waals surface area contributed by atoms with Crippen LogP contribution < -0.4 is 5.32 Å². The van der Waals surface area contributed by atoms with Crippen molar-refractivity contribution in [1.82, 2.24) is 5.32 Å². The van der Waals surface area contributed by atoms with Crippen molar-refractivity contribution in [3.8, 4) is 0 Å². The fourth-order valence-electron chi connectivity index (χ4n) is 1.07. The molecule has 0 aromatic carbocycles. The molecular weight excluding hydrogens is 210 g/mol. The summed E-state index contributed by atoms with van der Waals surface area (Å²) in [6, 6.07) is 0. The molecule has 0 aromatic heterocycles. The molecule has 0 rings (SSSR count). The smallest absolute Gasteiger partial charge is 0.310 e. The van der Waals surface area contributed by atoms with Gasteiger partial charge in [0.15, 0.2) is 0 Å². The van der Waals surface area contributed by atoms with Crippen LogP contribution in [-0.4, -0.2) is 34.7 Å². The quantitative estimate of drug-likeness (QED) is 0.662. The van der Waals surface area contributed by atoms with Gasteiger partial charge in [-0.05, 0) is 33.4 Å². The topological polar surface area (TPSA) is 49.3 Å². The Balaban J connectivity index is 4.22. The number of nitrogens with one attached hydrogen (secondary N) is 1. The van der Waals surface area contributed by atoms with Crippen LogP contribution in [0.15, 0.2) is 0 Å². The third-order valence-corrected chi connectivity index (χ3v) is 4.02. The van der Waals surface area contributed by atoms with E-state index in [9.17, 15) is 4.79 Å². The average Bonchev–Trinajstić information content (AvgIpc) is 2.12. The van der Waals surface area contributed by atoms with E-state index in [2.05, 4.69) is 12.2 Å². The molecule has 2 N–H and O–H groups in total. The van der Waals surface area contributed by atoms with Gasteiger partial charge in [-0.3, -0.25) is 4.79 Å². The zero-order valence-corrected chi connectivity index (χ0v) is 11.2. The van der Waals surface area contributed by atoms with E-state index in [1.807, 2.05) is 25.6 Å². The normalized spacial score (nSPS) is 12.9. The summed E-state index contributed by atoms with van der Waals surface area (Å²) in [5.41, 5.74) is -1.16. The lowest BCUT2D eigenvalue weighted by atomic mass is 9.74. The van der Waals surface area contributed by atoms with E-state index in [1.165, 1.54) is 0 Å². The lowest BCUT2D eigenvalue weighted by Gasteiger charge is -2.39. The van der Waals surface area contributed by atoms with Crippen molar-refractivity contribution < 1.29 is 9.90 Å². The van der Waals surface area contributed by atoms with Gasteiger partial charge in [0.05, 0.1) is 5.41 Å². The van der Waals surface area contributed by atoms with Crippen molar-refractivity contribution in [3.63, 3.8) is 0 Å². The summed E-state index contributed by atoms with van der Waals surface area (Å²) in [6.45, 7) is 10.4. The van der Waals surface area contributed by atoms with Crippen molar-refractivity contribution in [2.45, 2.75) is 40.2 Å². The summed E-state index contributed by atoms with van der Waals surface area (Å²) < 4.78 is 0. The highest BCUT2D eigenvalue weighted by Crippen LogP contribution is 2.30. The Morgan fingerprint density at radius 1 is 1.33 bits per heavy atom. The summed E-state index contributed by atoms with van der Waals surface area (Å²) in [5, 5.41) is 12.4. The number of hydrogen-bond acceptors (Lipinski definition) is 3. The van der Waals surface area contributed by atoms with Gasteiger partial charge in [-0.1, -0.05) is 6.92 Å². The van der Waals surface area contributed by atoms with Crippen molar-refractivity contribution in [2.75, 3.05) is 18.1 Å². The van der Waals surface area contributed by atoms with Gasteiger partial charge < -0.3 is 10.4 Å². The molecule has 0 fully saturated rings. The van der Waals surface area contributed by atoms with Crippen LogP contribution >= 0.6 is 11.8 Å². The number of carboxylic acid groups (broad SMARTS) is 1. The second kappa shape index (κ2) is 5.75. The van der Waals surface area contributed by atoms with Crippen LogP contribution in [0.2, 0.25) is 0 Å². The van der Waals surface area contributed by atoms with Crippen LogP contribution in [-0.2, 0) is 4.79 Å². The largest absolute Gasteiger partial charge is 0.481 e. The number of thioether (sulfide) groups is 1. The van der Waals surface area contributed by atoms with Gasteiger partial charge in [-0.15, -0.1) is 0 Å². The molecule has 0 amide bonds. The van der Waals surface area contributed by atoms with Crippen LogP contribution in [0.1, 0.15) is 34.6 Å². The Morgan fingerprint density at radius 2 is 1.87 bits per heavy atom. The molecule has 0 radical (unpaired) electrons. The molecule has 0 saturated carbocycles. The molecule has 0 heterocycles. The van der Waals surface area contributed by atoms with Gasteiger partial charge in [-0.25, -0.2) is 0 Å². The van der Waals surface area contributed by atoms with E-state index >= 15 is 0 Å². The predicted octanol–water partition coefficient (Wildman–Crippen LogP) is 2.22. The van der Waals surface area contributed by atoms with E-state index in [1.54, 1.807) is 13.8 Å². The first-order valence-electron chi connectivity index (χ1n) is 5.32. The molecule has 15 heavy (non-hydrogen) atoms. The minimum atomic E-state index is -0.761. The molecule has 0 saturated heterocycles. The summed E-state index contributed by atoms with van der Waals surface area (Å²) in [6.07, 6.45) is 0. The fourth-order valence-corrected chi connectivity index (χ4v) is 1.60. The Morgan fingerprint density at radius 3 is 2.27 bits per heavy atom. The summed E-state index contributed by atoms with van der Waals surface area (Å²) in [5.74, 6) is 1.36. The Labute approximate surface area is 97.0 Å². The summed E-state index contributed by atoms with van der Waals surface area (Å²) in [4.78, 5) is 11.1.